The van der Waals surface area contributed by atoms with Crippen LogP contribution in [0.15, 0.2) is 24.5 Å². The monoisotopic (exact) mass is 263 g/mol. The first-order valence-corrected chi connectivity index (χ1v) is 6.71. The summed E-state index contributed by atoms with van der Waals surface area (Å²) in [5, 5.41) is 12.8. The molecular formula is C14H21N3O2. The number of aliphatic hydroxyl groups is 1. The van der Waals surface area contributed by atoms with Crippen LogP contribution in [-0.4, -0.2) is 40.2 Å². The van der Waals surface area contributed by atoms with E-state index in [0.717, 1.165) is 12.0 Å². The molecule has 1 aromatic heterocycles. The number of β-amino-alcohol motifs (C(OH)–C–C–N with tert-alkyl or cyclic N) is 1. The average Bonchev–Trinajstić information content (AvgIpc) is 2.42. The van der Waals surface area contributed by atoms with Crippen molar-refractivity contribution < 1.29 is 9.90 Å². The van der Waals surface area contributed by atoms with Crippen molar-refractivity contribution in [2.24, 2.45) is 5.92 Å². The molecule has 1 aromatic rings. The van der Waals surface area contributed by atoms with Crippen molar-refractivity contribution in [2.75, 3.05) is 13.1 Å². The molecule has 3 atom stereocenters. The van der Waals surface area contributed by atoms with Gasteiger partial charge in [-0.1, -0.05) is 6.92 Å². The van der Waals surface area contributed by atoms with Crippen LogP contribution in [0.25, 0.3) is 0 Å². The summed E-state index contributed by atoms with van der Waals surface area (Å²) >= 11 is 0. The Balaban J connectivity index is 1.91. The third-order valence-corrected chi connectivity index (χ3v) is 3.75. The lowest BCUT2D eigenvalue weighted by Gasteiger charge is -2.34. The van der Waals surface area contributed by atoms with E-state index in [2.05, 4.69) is 10.3 Å². The molecule has 2 N–H and O–H groups in total. The molecule has 104 valence electrons. The summed E-state index contributed by atoms with van der Waals surface area (Å²) < 4.78 is 0. The van der Waals surface area contributed by atoms with Crippen molar-refractivity contribution in [1.82, 2.24) is 15.2 Å². The number of carbonyl (C=O) groups excluding carboxylic acids is 1. The Morgan fingerprint density at radius 2 is 2.21 bits per heavy atom. The summed E-state index contributed by atoms with van der Waals surface area (Å²) in [4.78, 5) is 17.8. The molecule has 3 unspecified atom stereocenters. The van der Waals surface area contributed by atoms with E-state index in [0.29, 0.717) is 13.1 Å². The normalized spacial score (nSPS) is 24.9. The van der Waals surface area contributed by atoms with Crippen LogP contribution in [0.1, 0.15) is 31.9 Å². The number of nitrogens with one attached hydrogen (secondary N) is 1. The molecule has 19 heavy (non-hydrogen) atoms. The van der Waals surface area contributed by atoms with Crippen LogP contribution in [-0.2, 0) is 0 Å². The Hall–Kier alpha value is -1.62. The number of hydrogen-bond donors (Lipinski definition) is 2. The first-order valence-electron chi connectivity index (χ1n) is 6.71. The summed E-state index contributed by atoms with van der Waals surface area (Å²) in [6, 6.07) is 3.60. The zero-order valence-corrected chi connectivity index (χ0v) is 11.4. The fraction of sp³-hybridized carbons (Fsp3) is 0.571. The lowest BCUT2D eigenvalue weighted by atomic mass is 9.96. The Morgan fingerprint density at radius 1 is 1.53 bits per heavy atom. The number of piperidine rings is 1. The van der Waals surface area contributed by atoms with E-state index in [9.17, 15) is 9.90 Å². The number of hydrogen-bond acceptors (Lipinski definition) is 3. The van der Waals surface area contributed by atoms with Gasteiger partial charge in [-0.25, -0.2) is 4.79 Å². The fourth-order valence-corrected chi connectivity index (χ4v) is 2.25. The highest BCUT2D eigenvalue weighted by molar-refractivity contribution is 5.74. The van der Waals surface area contributed by atoms with Gasteiger partial charge in [0.1, 0.15) is 0 Å². The lowest BCUT2D eigenvalue weighted by molar-refractivity contribution is 0.0431. The number of pyridine rings is 1. The van der Waals surface area contributed by atoms with E-state index in [1.807, 2.05) is 26.0 Å². The number of aliphatic hydroxyl groups excluding tert-OH is 1. The number of aromatic nitrogens is 1. The maximum atomic E-state index is 12.1. The van der Waals surface area contributed by atoms with Gasteiger partial charge in [0, 0.05) is 25.5 Å². The summed E-state index contributed by atoms with van der Waals surface area (Å²) in [5.74, 6) is 0.265. The van der Waals surface area contributed by atoms with Gasteiger partial charge in [-0.3, -0.25) is 4.98 Å². The quantitative estimate of drug-likeness (QED) is 0.851. The summed E-state index contributed by atoms with van der Waals surface area (Å²) in [6.45, 7) is 5.07. The van der Waals surface area contributed by atoms with Gasteiger partial charge in [-0.2, -0.15) is 0 Å². The highest BCUT2D eigenvalue weighted by Gasteiger charge is 2.27. The number of likely N-dealkylation sites (tertiary alicyclic amines) is 1. The molecule has 2 heterocycles. The molecule has 1 saturated heterocycles. The standard InChI is InChI=1S/C14H21N3O2/c1-10-5-8-17(9-13(10)18)14(19)16-11(2)12-3-6-15-7-4-12/h3-4,6-7,10-11,13,18H,5,8-9H2,1-2H3,(H,16,19). The van der Waals surface area contributed by atoms with Gasteiger partial charge in [-0.05, 0) is 37.0 Å². The van der Waals surface area contributed by atoms with Gasteiger partial charge in [0.25, 0.3) is 0 Å². The van der Waals surface area contributed by atoms with Gasteiger partial charge in [-0.15, -0.1) is 0 Å². The van der Waals surface area contributed by atoms with Gasteiger partial charge in [0.15, 0.2) is 0 Å². The Bertz CT molecular complexity index is 424. The molecule has 0 bridgehead atoms. The Labute approximate surface area is 113 Å². The van der Waals surface area contributed by atoms with Crippen LogP contribution < -0.4 is 5.32 Å². The third kappa shape index (κ3) is 3.44. The minimum Gasteiger partial charge on any atom is -0.391 e. The molecule has 2 rings (SSSR count). The summed E-state index contributed by atoms with van der Waals surface area (Å²) in [6.07, 6.45) is 3.85. The van der Waals surface area contributed by atoms with E-state index < -0.39 is 6.10 Å². The number of nitrogens with zero attached hydrogens (tertiary/aromatic N) is 2. The van der Waals surface area contributed by atoms with Gasteiger partial charge in [0.2, 0.25) is 0 Å². The van der Waals surface area contributed by atoms with Crippen molar-refractivity contribution in [3.8, 4) is 0 Å². The van der Waals surface area contributed by atoms with Crippen molar-refractivity contribution in [3.05, 3.63) is 30.1 Å². The van der Waals surface area contributed by atoms with Crippen molar-refractivity contribution in [1.29, 1.82) is 0 Å². The third-order valence-electron chi connectivity index (χ3n) is 3.75. The van der Waals surface area contributed by atoms with Crippen molar-refractivity contribution in [2.45, 2.75) is 32.4 Å². The summed E-state index contributed by atoms with van der Waals surface area (Å²) in [5.41, 5.74) is 1.02. The highest BCUT2D eigenvalue weighted by Crippen LogP contribution is 2.18. The largest absolute Gasteiger partial charge is 0.391 e. The molecule has 0 aliphatic carbocycles. The van der Waals surface area contributed by atoms with Crippen molar-refractivity contribution in [3.63, 3.8) is 0 Å². The topological polar surface area (TPSA) is 65.5 Å². The first-order chi connectivity index (χ1) is 9.08. The molecule has 2 amide bonds. The van der Waals surface area contributed by atoms with Crippen LogP contribution in [0.2, 0.25) is 0 Å². The van der Waals surface area contributed by atoms with E-state index in [1.54, 1.807) is 17.3 Å². The van der Waals surface area contributed by atoms with E-state index in [4.69, 9.17) is 0 Å². The second kappa shape index (κ2) is 6.02. The second-order valence-electron chi connectivity index (χ2n) is 5.23. The zero-order chi connectivity index (χ0) is 13.8. The first kappa shape index (κ1) is 13.8. The highest BCUT2D eigenvalue weighted by atomic mass is 16.3. The maximum absolute atomic E-state index is 12.1. The average molecular weight is 263 g/mol. The molecule has 1 aliphatic rings. The van der Waals surface area contributed by atoms with Crippen molar-refractivity contribution >= 4 is 6.03 Å². The van der Waals surface area contributed by atoms with Crippen LogP contribution in [0, 0.1) is 5.92 Å². The van der Waals surface area contributed by atoms with E-state index in [-0.39, 0.29) is 18.0 Å². The second-order valence-corrected chi connectivity index (χ2v) is 5.23. The SMILES string of the molecule is CC(NC(=O)N1CCC(C)C(O)C1)c1ccncc1. The molecule has 5 heteroatoms. The molecule has 1 fully saturated rings. The molecular weight excluding hydrogens is 242 g/mol. The van der Waals surface area contributed by atoms with Gasteiger partial charge < -0.3 is 15.3 Å². The number of urea groups is 1. The summed E-state index contributed by atoms with van der Waals surface area (Å²) in [7, 11) is 0. The Kier molecular flexibility index (Phi) is 4.37. The molecule has 0 aromatic carbocycles. The van der Waals surface area contributed by atoms with Crippen LogP contribution >= 0.6 is 0 Å². The minimum absolute atomic E-state index is 0.0630. The molecule has 0 spiro atoms. The maximum Gasteiger partial charge on any atom is 0.317 e. The minimum atomic E-state index is -0.421. The smallest absolute Gasteiger partial charge is 0.317 e. The predicted octanol–water partition coefficient (Wildman–Crippen LogP) is 1.55. The lowest BCUT2D eigenvalue weighted by Crippen LogP contribution is -2.50. The van der Waals surface area contributed by atoms with E-state index >= 15 is 0 Å². The van der Waals surface area contributed by atoms with E-state index in [1.165, 1.54) is 0 Å². The number of carbonyl (C=O) groups is 1. The molecule has 0 saturated carbocycles. The molecule has 0 radical (unpaired) electrons. The predicted molar refractivity (Wildman–Crippen MR) is 72.5 cm³/mol. The van der Waals surface area contributed by atoms with Gasteiger partial charge in [0.05, 0.1) is 12.1 Å². The zero-order valence-electron chi connectivity index (χ0n) is 11.4. The molecule has 5 nitrogen and oxygen atoms in total. The molecule has 1 aliphatic heterocycles. The number of rotatable bonds is 2. The van der Waals surface area contributed by atoms with Crippen LogP contribution in [0.5, 0.6) is 0 Å². The van der Waals surface area contributed by atoms with Gasteiger partial charge >= 0.3 is 6.03 Å². The van der Waals surface area contributed by atoms with Crippen LogP contribution in [0.4, 0.5) is 4.79 Å². The van der Waals surface area contributed by atoms with Crippen LogP contribution in [0.3, 0.4) is 0 Å². The fourth-order valence-electron chi connectivity index (χ4n) is 2.25. The Morgan fingerprint density at radius 3 is 2.84 bits per heavy atom. The number of amides is 2.